The topological polar surface area (TPSA) is 113 Å². The van der Waals surface area contributed by atoms with Crippen LogP contribution in [0.5, 0.6) is 5.75 Å². The molecule has 1 aromatic heterocycles. The van der Waals surface area contributed by atoms with Crippen LogP contribution in [0.3, 0.4) is 0 Å². The summed E-state index contributed by atoms with van der Waals surface area (Å²) in [6.45, 7) is 2.96. The molecule has 228 valence electrons. The number of alkyl halides is 3. The van der Waals surface area contributed by atoms with Crippen molar-refractivity contribution in [3.8, 4) is 11.8 Å². The zero-order valence-electron chi connectivity index (χ0n) is 24.0. The van der Waals surface area contributed by atoms with Crippen molar-refractivity contribution >= 4 is 11.8 Å². The van der Waals surface area contributed by atoms with Gasteiger partial charge in [0.2, 0.25) is 5.95 Å². The number of ether oxygens (including phenoxy) is 3. The molecule has 4 saturated carbocycles. The molecule has 1 heterocycles. The van der Waals surface area contributed by atoms with E-state index >= 15 is 0 Å². The Morgan fingerprint density at radius 1 is 1.07 bits per heavy atom. The number of para-hydroxylation sites is 1. The summed E-state index contributed by atoms with van der Waals surface area (Å²) in [7, 11) is 3.43. The molecule has 0 amide bonds. The van der Waals surface area contributed by atoms with Crippen molar-refractivity contribution < 1.29 is 27.4 Å². The van der Waals surface area contributed by atoms with Gasteiger partial charge in [0, 0.05) is 32.9 Å². The predicted molar refractivity (Wildman–Crippen MR) is 151 cm³/mol. The number of nitrogens with zero attached hydrogens (tertiary/aromatic N) is 3. The van der Waals surface area contributed by atoms with Crippen molar-refractivity contribution in [2.45, 2.75) is 51.1 Å². The number of hydrogen-bond acceptors (Lipinski definition) is 9. The lowest BCUT2D eigenvalue weighted by molar-refractivity contribution is -0.274. The highest BCUT2D eigenvalue weighted by Crippen LogP contribution is 2.62. The van der Waals surface area contributed by atoms with E-state index < -0.39 is 6.36 Å². The number of nitrogens with one attached hydrogen (secondary N) is 3. The molecule has 0 spiro atoms. The first-order valence-corrected chi connectivity index (χ1v) is 14.5. The molecule has 3 unspecified atom stereocenters. The van der Waals surface area contributed by atoms with Gasteiger partial charge in [0.1, 0.15) is 23.2 Å². The fourth-order valence-electron chi connectivity index (χ4n) is 7.72. The third kappa shape index (κ3) is 7.25. The third-order valence-corrected chi connectivity index (χ3v) is 9.15. The van der Waals surface area contributed by atoms with Gasteiger partial charge in [0.05, 0.1) is 25.5 Å². The molecule has 4 aliphatic carbocycles. The highest BCUT2D eigenvalue weighted by Gasteiger charge is 2.55. The van der Waals surface area contributed by atoms with Gasteiger partial charge in [0.25, 0.3) is 0 Å². The molecule has 9 nitrogen and oxygen atoms in total. The van der Waals surface area contributed by atoms with E-state index in [1.54, 1.807) is 26.4 Å². The fraction of sp³-hybridized carbons (Fsp3) is 0.633. The summed E-state index contributed by atoms with van der Waals surface area (Å²) in [4.78, 5) is 8.73. The van der Waals surface area contributed by atoms with E-state index in [1.165, 1.54) is 37.6 Å². The molecule has 4 bridgehead atoms. The zero-order valence-corrected chi connectivity index (χ0v) is 24.0. The summed E-state index contributed by atoms with van der Waals surface area (Å²) < 4.78 is 53.3. The largest absolute Gasteiger partial charge is 0.573 e. The van der Waals surface area contributed by atoms with E-state index in [0.717, 1.165) is 31.8 Å². The molecule has 2 aromatic rings. The number of nitriles is 1. The Hall–Kier alpha value is -3.14. The Morgan fingerprint density at radius 3 is 2.45 bits per heavy atom. The van der Waals surface area contributed by atoms with Crippen LogP contribution in [-0.4, -0.2) is 62.9 Å². The van der Waals surface area contributed by atoms with Gasteiger partial charge < -0.3 is 30.2 Å². The van der Waals surface area contributed by atoms with Crippen molar-refractivity contribution in [3.05, 3.63) is 41.6 Å². The lowest BCUT2D eigenvalue weighted by Gasteiger charge is -2.60. The van der Waals surface area contributed by atoms with Crippen molar-refractivity contribution in [3.63, 3.8) is 0 Å². The third-order valence-electron chi connectivity index (χ3n) is 9.15. The van der Waals surface area contributed by atoms with E-state index in [2.05, 4.69) is 36.7 Å². The highest BCUT2D eigenvalue weighted by atomic mass is 19.4. The average Bonchev–Trinajstić information content (AvgIpc) is 2.94. The molecule has 4 aliphatic rings. The molecule has 0 aliphatic heterocycles. The second kappa shape index (κ2) is 13.0. The maximum absolute atomic E-state index is 12.8. The Morgan fingerprint density at radius 2 is 1.79 bits per heavy atom. The lowest BCUT2D eigenvalue weighted by atomic mass is 9.46. The van der Waals surface area contributed by atoms with Crippen molar-refractivity contribution in [1.29, 1.82) is 5.26 Å². The number of anilines is 2. The van der Waals surface area contributed by atoms with Crippen LogP contribution >= 0.6 is 0 Å². The molecule has 0 saturated heterocycles. The minimum atomic E-state index is -4.79. The van der Waals surface area contributed by atoms with Gasteiger partial charge in [-0.15, -0.1) is 13.2 Å². The molecule has 42 heavy (non-hydrogen) atoms. The summed E-state index contributed by atoms with van der Waals surface area (Å²) in [5.41, 5.74) is 0.797. The van der Waals surface area contributed by atoms with Crippen LogP contribution in [0.25, 0.3) is 0 Å². The number of benzene rings is 1. The van der Waals surface area contributed by atoms with Crippen molar-refractivity contribution in [1.82, 2.24) is 15.3 Å². The number of aromatic nitrogens is 2. The maximum Gasteiger partial charge on any atom is 0.573 e. The molecule has 1 aromatic carbocycles. The van der Waals surface area contributed by atoms with Gasteiger partial charge in [-0.1, -0.05) is 18.2 Å². The quantitative estimate of drug-likeness (QED) is 0.282. The second-order valence-corrected chi connectivity index (χ2v) is 12.1. The normalized spacial score (nSPS) is 26.3. The average molecular weight is 589 g/mol. The first kappa shape index (κ1) is 30.3. The Bertz CT molecular complexity index is 1230. The van der Waals surface area contributed by atoms with Gasteiger partial charge in [-0.25, -0.2) is 4.98 Å². The molecular weight excluding hydrogens is 549 g/mol. The smallest absolute Gasteiger partial charge is 0.405 e. The van der Waals surface area contributed by atoms with E-state index in [0.29, 0.717) is 47.9 Å². The van der Waals surface area contributed by atoms with E-state index in [1.807, 2.05) is 0 Å². The minimum absolute atomic E-state index is 0.0254. The zero-order chi connectivity index (χ0) is 29.7. The minimum Gasteiger partial charge on any atom is -0.405 e. The summed E-state index contributed by atoms with van der Waals surface area (Å²) in [6, 6.07) is 8.26. The fourth-order valence-corrected chi connectivity index (χ4v) is 7.72. The van der Waals surface area contributed by atoms with Crippen LogP contribution in [0.4, 0.5) is 24.9 Å². The standard InChI is InChI=1S/C30H39F3N6O3/c1-40-16-24(17-41-2)35-15-25-21-7-19-8-22(25)11-29(9-19,10-21)18-38-27-23(12-34)14-37-28(39-27)36-13-20-5-3-4-6-26(20)42-30(31,32)33/h3-6,14,19,21-22,24-25,35H,7-11,13,15-18H2,1-2H3,(H2,36,37,38,39)/t19?,21-,22+,25?,29?. The summed E-state index contributed by atoms with van der Waals surface area (Å²) in [6.07, 6.45) is 2.66. The number of halogens is 3. The van der Waals surface area contributed by atoms with Crippen LogP contribution in [0.15, 0.2) is 30.5 Å². The molecular formula is C30H39F3N6O3. The monoisotopic (exact) mass is 588 g/mol. The number of rotatable bonds is 14. The lowest BCUT2D eigenvalue weighted by Crippen LogP contribution is -2.56. The SMILES string of the molecule is COCC(COC)NCC1[C@@H]2CC3C[C@H]1CC(CNc1nc(NCc4ccccc4OC(F)(F)F)ncc1C#N)(C3)C2. The highest BCUT2D eigenvalue weighted by molar-refractivity contribution is 5.53. The Labute approximate surface area is 244 Å². The molecule has 6 rings (SSSR count). The first-order valence-electron chi connectivity index (χ1n) is 14.5. The number of hydrogen-bond donors (Lipinski definition) is 3. The molecule has 3 N–H and O–H groups in total. The van der Waals surface area contributed by atoms with Crippen LogP contribution in [0.2, 0.25) is 0 Å². The maximum atomic E-state index is 12.8. The predicted octanol–water partition coefficient (Wildman–Crippen LogP) is 4.96. The Kier molecular flexibility index (Phi) is 9.40. The van der Waals surface area contributed by atoms with Crippen LogP contribution < -0.4 is 20.7 Å². The van der Waals surface area contributed by atoms with E-state index in [9.17, 15) is 18.4 Å². The van der Waals surface area contributed by atoms with Crippen LogP contribution in [-0.2, 0) is 16.0 Å². The summed E-state index contributed by atoms with van der Waals surface area (Å²) in [5, 5.41) is 19.8. The summed E-state index contributed by atoms with van der Waals surface area (Å²) in [5.74, 6) is 3.06. The van der Waals surface area contributed by atoms with E-state index in [4.69, 9.17) is 9.47 Å². The first-order chi connectivity index (χ1) is 20.2. The van der Waals surface area contributed by atoms with Crippen molar-refractivity contribution in [2.75, 3.05) is 51.2 Å². The van der Waals surface area contributed by atoms with Crippen LogP contribution in [0.1, 0.15) is 43.2 Å². The Balaban J connectivity index is 1.22. The van der Waals surface area contributed by atoms with Gasteiger partial charge in [0.15, 0.2) is 0 Å². The molecule has 5 atom stereocenters. The van der Waals surface area contributed by atoms with Gasteiger partial charge in [-0.3, -0.25) is 0 Å². The molecule has 12 heteroatoms. The van der Waals surface area contributed by atoms with Gasteiger partial charge in [-0.05, 0) is 73.8 Å². The van der Waals surface area contributed by atoms with Gasteiger partial charge >= 0.3 is 6.36 Å². The second-order valence-electron chi connectivity index (χ2n) is 12.1. The van der Waals surface area contributed by atoms with Crippen LogP contribution in [0, 0.1) is 40.4 Å². The molecule has 0 radical (unpaired) electrons. The van der Waals surface area contributed by atoms with E-state index in [-0.39, 0.29) is 29.7 Å². The number of methoxy groups -OCH3 is 2. The van der Waals surface area contributed by atoms with Crippen molar-refractivity contribution in [2.24, 2.45) is 29.1 Å². The molecule has 4 fully saturated rings. The summed E-state index contributed by atoms with van der Waals surface area (Å²) >= 11 is 0. The van der Waals surface area contributed by atoms with Gasteiger partial charge in [-0.2, -0.15) is 10.2 Å².